The smallest absolute Gasteiger partial charge is 0.255 e. The number of ether oxygens (including phenoxy) is 1. The predicted octanol–water partition coefficient (Wildman–Crippen LogP) is 4.14. The lowest BCUT2D eigenvalue weighted by atomic mass is 10.0. The number of hydrogen-bond acceptors (Lipinski definition) is 5. The second-order valence-corrected chi connectivity index (χ2v) is 15.8. The fourth-order valence-corrected chi connectivity index (χ4v) is 4.57. The van der Waals surface area contributed by atoms with Gasteiger partial charge in [0.25, 0.3) is 5.91 Å². The SMILES string of the molecule is CN(C)C(=O)C(O)c1cncc(-c2cnc3c(c2)c(I)cn3COCC[Si](C)(C)C)c1. The Kier molecular flexibility index (Phi) is 7.50. The molecule has 0 radical (unpaired) electrons. The average molecular weight is 552 g/mol. The first kappa shape index (κ1) is 23.8. The number of aliphatic hydroxyl groups is 1. The highest BCUT2D eigenvalue weighted by Crippen LogP contribution is 2.28. The van der Waals surface area contributed by atoms with Crippen molar-refractivity contribution in [1.82, 2.24) is 19.4 Å². The van der Waals surface area contributed by atoms with Crippen molar-refractivity contribution in [2.45, 2.75) is 38.5 Å². The minimum atomic E-state index is -1.24. The van der Waals surface area contributed by atoms with E-state index in [0.717, 1.165) is 38.4 Å². The normalized spacial score (nSPS) is 12.9. The molecule has 9 heteroatoms. The van der Waals surface area contributed by atoms with E-state index in [1.54, 1.807) is 32.6 Å². The first-order valence-corrected chi connectivity index (χ1v) is 14.9. The van der Waals surface area contributed by atoms with Crippen molar-refractivity contribution in [3.8, 4) is 11.1 Å². The average Bonchev–Trinajstić information content (AvgIpc) is 3.04. The Hall–Kier alpha value is -1.82. The lowest BCUT2D eigenvalue weighted by Gasteiger charge is -2.16. The maximum absolute atomic E-state index is 12.1. The van der Waals surface area contributed by atoms with Crippen LogP contribution in [-0.2, 0) is 16.3 Å². The second kappa shape index (κ2) is 9.76. The van der Waals surface area contributed by atoms with Gasteiger partial charge in [-0.15, -0.1) is 0 Å². The fourth-order valence-electron chi connectivity index (χ4n) is 3.08. The molecule has 1 N–H and O–H groups in total. The Morgan fingerprint density at radius 2 is 1.94 bits per heavy atom. The van der Waals surface area contributed by atoms with Gasteiger partial charge in [0.1, 0.15) is 12.4 Å². The van der Waals surface area contributed by atoms with Crippen molar-refractivity contribution in [2.75, 3.05) is 20.7 Å². The molecule has 0 aliphatic heterocycles. The largest absolute Gasteiger partial charge is 0.378 e. The first-order chi connectivity index (χ1) is 14.6. The molecule has 31 heavy (non-hydrogen) atoms. The molecule has 0 saturated carbocycles. The van der Waals surface area contributed by atoms with Crippen molar-refractivity contribution < 1.29 is 14.6 Å². The van der Waals surface area contributed by atoms with Crippen molar-refractivity contribution in [3.63, 3.8) is 0 Å². The highest BCUT2D eigenvalue weighted by atomic mass is 127. The first-order valence-electron chi connectivity index (χ1n) is 10.1. The van der Waals surface area contributed by atoms with Crippen LogP contribution < -0.4 is 0 Å². The van der Waals surface area contributed by atoms with Crippen LogP contribution >= 0.6 is 22.6 Å². The van der Waals surface area contributed by atoms with Crippen LogP contribution in [0.4, 0.5) is 0 Å². The number of pyridine rings is 2. The molecule has 0 bridgehead atoms. The number of halogens is 1. The quantitative estimate of drug-likeness (QED) is 0.258. The van der Waals surface area contributed by atoms with Crippen LogP contribution in [0.5, 0.6) is 0 Å². The number of likely N-dealkylation sites (N-methyl/N-ethyl adjacent to an activating group) is 1. The summed E-state index contributed by atoms with van der Waals surface area (Å²) in [7, 11) is 2.11. The molecule has 7 nitrogen and oxygen atoms in total. The van der Waals surface area contributed by atoms with Gasteiger partial charge in [-0.05, 0) is 40.8 Å². The number of amides is 1. The van der Waals surface area contributed by atoms with Crippen LogP contribution in [0.15, 0.2) is 36.9 Å². The van der Waals surface area contributed by atoms with Gasteiger partial charge in [0.15, 0.2) is 6.10 Å². The third kappa shape index (κ3) is 5.91. The minimum Gasteiger partial charge on any atom is -0.378 e. The van der Waals surface area contributed by atoms with Gasteiger partial charge in [-0.25, -0.2) is 4.98 Å². The highest BCUT2D eigenvalue weighted by molar-refractivity contribution is 14.1. The van der Waals surface area contributed by atoms with Crippen molar-refractivity contribution in [2.24, 2.45) is 0 Å². The van der Waals surface area contributed by atoms with Crippen LogP contribution in [0.3, 0.4) is 0 Å². The summed E-state index contributed by atoms with van der Waals surface area (Å²) in [5.41, 5.74) is 3.00. The van der Waals surface area contributed by atoms with E-state index >= 15 is 0 Å². The van der Waals surface area contributed by atoms with Crippen LogP contribution in [0.1, 0.15) is 11.7 Å². The van der Waals surface area contributed by atoms with Gasteiger partial charge in [-0.1, -0.05) is 19.6 Å². The fraction of sp³-hybridized carbons (Fsp3) is 0.409. The molecule has 0 fully saturated rings. The number of nitrogens with zero attached hydrogens (tertiary/aromatic N) is 4. The summed E-state index contributed by atoms with van der Waals surface area (Å²) in [5.74, 6) is -0.381. The zero-order valence-corrected chi connectivity index (χ0v) is 21.8. The number of fused-ring (bicyclic) bond motifs is 1. The Balaban J connectivity index is 1.83. The predicted molar refractivity (Wildman–Crippen MR) is 133 cm³/mol. The van der Waals surface area contributed by atoms with Crippen LogP contribution in [0, 0.1) is 3.57 Å². The molecule has 0 aliphatic rings. The minimum absolute atomic E-state index is 0.381. The number of hydrogen-bond donors (Lipinski definition) is 1. The molecule has 3 heterocycles. The van der Waals surface area contributed by atoms with E-state index < -0.39 is 14.2 Å². The molecule has 0 spiro atoms. The molecular formula is C22H29IN4O3Si. The van der Waals surface area contributed by atoms with Gasteiger partial charge < -0.3 is 19.3 Å². The number of aromatic nitrogens is 3. The van der Waals surface area contributed by atoms with Crippen LogP contribution in [0.25, 0.3) is 22.2 Å². The standard InChI is InChI=1S/C22H29IN4O3Si/c1-26(2)22(29)20(28)17-8-15(10-24-11-17)16-9-18-19(23)13-27(21(18)25-12-16)14-30-6-7-31(3,4)5/h8-13,20,28H,6-7,14H2,1-5H3. The Bertz CT molecular complexity index is 1080. The lowest BCUT2D eigenvalue weighted by molar-refractivity contribution is -0.137. The van der Waals surface area contributed by atoms with Gasteiger partial charge >= 0.3 is 0 Å². The zero-order valence-electron chi connectivity index (χ0n) is 18.6. The van der Waals surface area contributed by atoms with E-state index in [1.165, 1.54) is 11.1 Å². The third-order valence-corrected chi connectivity index (χ3v) is 7.54. The Morgan fingerprint density at radius 1 is 1.23 bits per heavy atom. The monoisotopic (exact) mass is 552 g/mol. The van der Waals surface area contributed by atoms with Crippen molar-refractivity contribution in [1.29, 1.82) is 0 Å². The van der Waals surface area contributed by atoms with E-state index in [2.05, 4.69) is 58.3 Å². The summed E-state index contributed by atoms with van der Waals surface area (Å²) in [6.45, 7) is 8.26. The molecule has 0 aromatic carbocycles. The summed E-state index contributed by atoms with van der Waals surface area (Å²) >= 11 is 2.31. The van der Waals surface area contributed by atoms with E-state index in [-0.39, 0.29) is 5.91 Å². The molecule has 1 amide bonds. The number of aliphatic hydroxyl groups excluding tert-OH is 1. The number of rotatable bonds is 8. The number of carbonyl (C=O) groups excluding carboxylic acids is 1. The van der Waals surface area contributed by atoms with E-state index in [1.807, 2.05) is 10.8 Å². The summed E-state index contributed by atoms with van der Waals surface area (Å²) < 4.78 is 9.01. The summed E-state index contributed by atoms with van der Waals surface area (Å²) in [4.78, 5) is 22.3. The van der Waals surface area contributed by atoms with Gasteiger partial charge in [-0.3, -0.25) is 9.78 Å². The van der Waals surface area contributed by atoms with Crippen LogP contribution in [0.2, 0.25) is 25.7 Å². The lowest BCUT2D eigenvalue weighted by Crippen LogP contribution is -2.28. The van der Waals surface area contributed by atoms with E-state index in [0.29, 0.717) is 12.3 Å². The van der Waals surface area contributed by atoms with E-state index in [9.17, 15) is 9.90 Å². The molecule has 3 rings (SSSR count). The second-order valence-electron chi connectivity index (χ2n) is 9.03. The summed E-state index contributed by atoms with van der Waals surface area (Å²) in [6, 6.07) is 4.97. The van der Waals surface area contributed by atoms with Gasteiger partial charge in [0.05, 0.1) is 0 Å². The van der Waals surface area contributed by atoms with Gasteiger partial charge in [0.2, 0.25) is 0 Å². The molecule has 0 saturated heterocycles. The van der Waals surface area contributed by atoms with Gasteiger partial charge in [0, 0.05) is 79.2 Å². The molecule has 166 valence electrons. The summed E-state index contributed by atoms with van der Waals surface area (Å²) in [6.07, 6.45) is 5.82. The van der Waals surface area contributed by atoms with Crippen molar-refractivity contribution >= 4 is 47.6 Å². The highest BCUT2D eigenvalue weighted by Gasteiger charge is 2.20. The Labute approximate surface area is 197 Å². The molecule has 3 aromatic rings. The van der Waals surface area contributed by atoms with Gasteiger partial charge in [-0.2, -0.15) is 0 Å². The topological polar surface area (TPSA) is 80.5 Å². The maximum Gasteiger partial charge on any atom is 0.255 e. The van der Waals surface area contributed by atoms with E-state index in [4.69, 9.17) is 4.74 Å². The number of carbonyl (C=O) groups is 1. The van der Waals surface area contributed by atoms with Crippen molar-refractivity contribution in [3.05, 3.63) is 46.1 Å². The molecule has 3 aromatic heterocycles. The third-order valence-electron chi connectivity index (χ3n) is 4.98. The molecule has 0 aliphatic carbocycles. The molecule has 1 unspecified atom stereocenters. The zero-order chi connectivity index (χ0) is 22.8. The maximum atomic E-state index is 12.1. The Morgan fingerprint density at radius 3 is 2.61 bits per heavy atom. The molecule has 1 atom stereocenters. The summed E-state index contributed by atoms with van der Waals surface area (Å²) in [5, 5.41) is 11.4. The molecular weight excluding hydrogens is 523 g/mol. The van der Waals surface area contributed by atoms with Crippen LogP contribution in [-0.4, -0.2) is 59.2 Å².